The van der Waals surface area contributed by atoms with Crippen molar-refractivity contribution in [2.75, 3.05) is 38.1 Å². The molecule has 1 amide bonds. The van der Waals surface area contributed by atoms with Crippen molar-refractivity contribution in [2.24, 2.45) is 0 Å². The van der Waals surface area contributed by atoms with Crippen molar-refractivity contribution in [3.05, 3.63) is 71.7 Å². The van der Waals surface area contributed by atoms with Crippen LogP contribution in [0.1, 0.15) is 40.3 Å². The second-order valence-corrected chi connectivity index (χ2v) is 9.96. The first-order valence-corrected chi connectivity index (χ1v) is 12.8. The standard InChI is InChI=1S/C28H26F2N6O2/c1-34-22-14-21(25-18(27(34)37)3-2-4-23(25)38-28(29)30)36-20-13-16(5-7-19(20)33-26(22)36)17-6-8-24(32-15-17)35-11-9-31-10-12-35/h2-8,13,15,21-22,28,31H,9-12,14H2,1H3/t21-,22-/m1/s1. The fourth-order valence-corrected chi connectivity index (χ4v) is 6.10. The maximum Gasteiger partial charge on any atom is 0.387 e. The molecule has 10 heteroatoms. The maximum atomic E-state index is 13.3. The average molecular weight is 517 g/mol. The van der Waals surface area contributed by atoms with Crippen LogP contribution < -0.4 is 15.0 Å². The van der Waals surface area contributed by atoms with Crippen LogP contribution in [0.15, 0.2) is 54.7 Å². The third kappa shape index (κ3) is 3.54. The highest BCUT2D eigenvalue weighted by atomic mass is 19.3. The lowest BCUT2D eigenvalue weighted by atomic mass is 9.97. The molecule has 8 nitrogen and oxygen atoms in total. The number of carbonyl (C=O) groups excluding carboxylic acids is 1. The molecule has 0 spiro atoms. The highest BCUT2D eigenvalue weighted by molar-refractivity contribution is 5.98. The second kappa shape index (κ2) is 8.76. The van der Waals surface area contributed by atoms with Gasteiger partial charge in [-0.2, -0.15) is 8.78 Å². The van der Waals surface area contributed by atoms with Gasteiger partial charge in [-0.3, -0.25) is 4.79 Å². The molecule has 7 rings (SSSR count). The van der Waals surface area contributed by atoms with Crippen LogP contribution in [0.25, 0.3) is 22.2 Å². The number of hydrogen-bond acceptors (Lipinski definition) is 6. The number of anilines is 1. The van der Waals surface area contributed by atoms with E-state index < -0.39 is 6.61 Å². The molecule has 0 saturated carbocycles. The number of carbonyl (C=O) groups is 1. The van der Waals surface area contributed by atoms with Gasteiger partial charge in [-0.15, -0.1) is 0 Å². The molecule has 2 atom stereocenters. The summed E-state index contributed by atoms with van der Waals surface area (Å²) in [6, 6.07) is 14.3. The first-order valence-electron chi connectivity index (χ1n) is 12.8. The minimum absolute atomic E-state index is 0.0310. The molecule has 0 radical (unpaired) electrons. The number of amides is 1. The number of imidazole rings is 1. The van der Waals surface area contributed by atoms with Gasteiger partial charge in [0.05, 0.1) is 23.1 Å². The summed E-state index contributed by atoms with van der Waals surface area (Å²) in [7, 11) is 1.74. The first kappa shape index (κ1) is 23.1. The molecule has 2 aromatic carbocycles. The summed E-state index contributed by atoms with van der Waals surface area (Å²) in [5.74, 6) is 1.52. The van der Waals surface area contributed by atoms with Gasteiger partial charge in [0.25, 0.3) is 5.91 Å². The molecule has 194 valence electrons. The zero-order valence-electron chi connectivity index (χ0n) is 20.8. The van der Waals surface area contributed by atoms with Gasteiger partial charge in [0, 0.05) is 62.5 Å². The Labute approximate surface area is 217 Å². The fourth-order valence-electron chi connectivity index (χ4n) is 6.10. The van der Waals surface area contributed by atoms with Crippen molar-refractivity contribution in [2.45, 2.75) is 25.1 Å². The zero-order valence-corrected chi connectivity index (χ0v) is 20.8. The number of halogens is 2. The SMILES string of the molecule is CN1C(=O)c2cccc(OC(F)F)c2[C@H]2C[C@@H]1c1nc3ccc(-c4ccc(N5CCNCC5)nc4)cc3n12. The average Bonchev–Trinajstić information content (AvgIpc) is 3.46. The van der Waals surface area contributed by atoms with Crippen LogP contribution in [0.2, 0.25) is 0 Å². The van der Waals surface area contributed by atoms with Gasteiger partial charge in [-0.05, 0) is 42.0 Å². The van der Waals surface area contributed by atoms with E-state index in [0.29, 0.717) is 17.5 Å². The molecule has 5 heterocycles. The van der Waals surface area contributed by atoms with Crippen molar-refractivity contribution in [1.29, 1.82) is 0 Å². The monoisotopic (exact) mass is 516 g/mol. The van der Waals surface area contributed by atoms with Crippen molar-refractivity contribution in [3.63, 3.8) is 0 Å². The largest absolute Gasteiger partial charge is 0.434 e. The summed E-state index contributed by atoms with van der Waals surface area (Å²) in [5.41, 5.74) is 4.51. The number of nitrogens with one attached hydrogen (secondary N) is 1. The van der Waals surface area contributed by atoms with Crippen molar-refractivity contribution in [3.8, 4) is 16.9 Å². The summed E-state index contributed by atoms with van der Waals surface area (Å²) in [5, 5.41) is 3.36. The van der Waals surface area contributed by atoms with E-state index in [9.17, 15) is 13.6 Å². The molecule has 4 aromatic rings. The van der Waals surface area contributed by atoms with E-state index in [4.69, 9.17) is 14.7 Å². The molecular weight excluding hydrogens is 490 g/mol. The third-order valence-electron chi connectivity index (χ3n) is 7.93. The number of nitrogens with zero attached hydrogens (tertiary/aromatic N) is 5. The molecule has 2 bridgehead atoms. The van der Waals surface area contributed by atoms with Crippen LogP contribution in [0.4, 0.5) is 14.6 Å². The lowest BCUT2D eigenvalue weighted by Gasteiger charge is -2.28. The van der Waals surface area contributed by atoms with E-state index in [-0.39, 0.29) is 23.7 Å². The van der Waals surface area contributed by atoms with Crippen molar-refractivity contribution in [1.82, 2.24) is 24.8 Å². The van der Waals surface area contributed by atoms with Gasteiger partial charge < -0.3 is 24.4 Å². The summed E-state index contributed by atoms with van der Waals surface area (Å²) in [6.07, 6.45) is 2.43. The molecule has 3 aliphatic rings. The van der Waals surface area contributed by atoms with E-state index in [1.165, 1.54) is 6.07 Å². The number of rotatable bonds is 4. The highest BCUT2D eigenvalue weighted by Crippen LogP contribution is 2.50. The van der Waals surface area contributed by atoms with E-state index >= 15 is 0 Å². The summed E-state index contributed by atoms with van der Waals surface area (Å²) >= 11 is 0. The minimum atomic E-state index is -2.99. The predicted octanol–water partition coefficient (Wildman–Crippen LogP) is 4.23. The normalized spacial score (nSPS) is 20.6. The summed E-state index contributed by atoms with van der Waals surface area (Å²) in [4.78, 5) is 26.8. The molecule has 3 aliphatic heterocycles. The van der Waals surface area contributed by atoms with Crippen LogP contribution in [0.5, 0.6) is 5.75 Å². The molecule has 2 aromatic heterocycles. The lowest BCUT2D eigenvalue weighted by Crippen LogP contribution is -2.43. The van der Waals surface area contributed by atoms with E-state index in [2.05, 4.69) is 26.9 Å². The first-order chi connectivity index (χ1) is 18.5. The summed E-state index contributed by atoms with van der Waals surface area (Å²) in [6.45, 7) is 0.763. The number of alkyl halides is 2. The molecule has 1 N–H and O–H groups in total. The van der Waals surface area contributed by atoms with Crippen LogP contribution in [0, 0.1) is 0 Å². The quantitative estimate of drug-likeness (QED) is 0.438. The maximum absolute atomic E-state index is 13.3. The topological polar surface area (TPSA) is 75.5 Å². The van der Waals surface area contributed by atoms with Crippen LogP contribution in [-0.2, 0) is 0 Å². The Balaban J connectivity index is 1.33. The van der Waals surface area contributed by atoms with Gasteiger partial charge in [0.15, 0.2) is 0 Å². The lowest BCUT2D eigenvalue weighted by molar-refractivity contribution is -0.0507. The Morgan fingerprint density at radius 1 is 1.05 bits per heavy atom. The number of benzene rings is 2. The van der Waals surface area contributed by atoms with E-state index in [1.807, 2.05) is 24.4 Å². The van der Waals surface area contributed by atoms with Crippen LogP contribution in [-0.4, -0.2) is 65.2 Å². The third-order valence-corrected chi connectivity index (χ3v) is 7.93. The molecule has 0 aliphatic carbocycles. The summed E-state index contributed by atoms with van der Waals surface area (Å²) < 4.78 is 33.7. The van der Waals surface area contributed by atoms with Crippen LogP contribution in [0.3, 0.4) is 0 Å². The second-order valence-electron chi connectivity index (χ2n) is 9.96. The Morgan fingerprint density at radius 2 is 1.87 bits per heavy atom. The van der Waals surface area contributed by atoms with Crippen molar-refractivity contribution < 1.29 is 18.3 Å². The molecule has 1 saturated heterocycles. The van der Waals surface area contributed by atoms with Gasteiger partial charge >= 0.3 is 6.61 Å². The molecule has 38 heavy (non-hydrogen) atoms. The molecule has 1 fully saturated rings. The fraction of sp³-hybridized carbons (Fsp3) is 0.321. The highest BCUT2D eigenvalue weighted by Gasteiger charge is 2.45. The van der Waals surface area contributed by atoms with Gasteiger partial charge in [0.2, 0.25) is 0 Å². The number of pyridine rings is 1. The minimum Gasteiger partial charge on any atom is -0.434 e. The Kier molecular flexibility index (Phi) is 5.33. The predicted molar refractivity (Wildman–Crippen MR) is 139 cm³/mol. The van der Waals surface area contributed by atoms with Gasteiger partial charge in [-0.1, -0.05) is 12.1 Å². The number of aromatic nitrogens is 3. The number of piperazine rings is 1. The van der Waals surface area contributed by atoms with Crippen molar-refractivity contribution >= 4 is 22.8 Å². The number of ether oxygens (including phenoxy) is 1. The Bertz CT molecular complexity index is 1550. The van der Waals surface area contributed by atoms with Gasteiger partial charge in [-0.25, -0.2) is 9.97 Å². The molecule has 0 unspecified atom stereocenters. The Hall–Kier alpha value is -4.05. The number of fused-ring (bicyclic) bond motifs is 9. The zero-order chi connectivity index (χ0) is 26.0. The van der Waals surface area contributed by atoms with E-state index in [0.717, 1.165) is 60.0 Å². The van der Waals surface area contributed by atoms with E-state index in [1.54, 1.807) is 24.1 Å². The van der Waals surface area contributed by atoms with Gasteiger partial charge in [0.1, 0.15) is 17.4 Å². The molecular formula is C28H26F2N6O2. The number of hydrogen-bond donors (Lipinski definition) is 1. The van der Waals surface area contributed by atoms with Crippen LogP contribution >= 0.6 is 0 Å². The smallest absolute Gasteiger partial charge is 0.387 e. The Morgan fingerprint density at radius 3 is 2.63 bits per heavy atom.